The van der Waals surface area contributed by atoms with Crippen LogP contribution >= 0.6 is 34.8 Å². The van der Waals surface area contributed by atoms with Gasteiger partial charge >= 0.3 is 0 Å². The van der Waals surface area contributed by atoms with Crippen LogP contribution in [0, 0.1) is 0 Å². The molecule has 64 valence electrons. The van der Waals surface area contributed by atoms with E-state index < -0.39 is 16.1 Å². The molecule has 6 heteroatoms. The molecule has 0 radical (unpaired) electrons. The van der Waals surface area contributed by atoms with Gasteiger partial charge in [0.25, 0.3) is 5.91 Å². The third-order valence-electron chi connectivity index (χ3n) is 1.28. The maximum Gasteiger partial charge on any atom is 0.251 e. The lowest BCUT2D eigenvalue weighted by Gasteiger charge is -2.17. The first kappa shape index (κ1) is 9.39. The molecule has 1 saturated heterocycles. The van der Waals surface area contributed by atoms with E-state index in [-0.39, 0.29) is 5.91 Å². The van der Waals surface area contributed by atoms with Crippen molar-refractivity contribution in [3.63, 3.8) is 0 Å². The molecule has 0 spiro atoms. The number of carbonyl (C=O) groups is 1. The highest BCUT2D eigenvalue weighted by atomic mass is 35.6. The number of hydrogen-bond donors (Lipinski definition) is 1. The molecule has 0 saturated carbocycles. The normalized spacial score (nSPS) is 32.2. The number of amides is 1. The average molecular weight is 218 g/mol. The average Bonchev–Trinajstić information content (AvgIpc) is 2.11. The Labute approximate surface area is 78.9 Å². The zero-order valence-electron chi connectivity index (χ0n) is 5.61. The Morgan fingerprint density at radius 1 is 1.55 bits per heavy atom. The summed E-state index contributed by atoms with van der Waals surface area (Å²) < 4.78 is 3.38. The van der Waals surface area contributed by atoms with E-state index in [1.807, 2.05) is 0 Å². The first-order valence-corrected chi connectivity index (χ1v) is 4.07. The molecule has 1 aliphatic heterocycles. The summed E-state index contributed by atoms with van der Waals surface area (Å²) in [6.07, 6.45) is -1.38. The van der Waals surface area contributed by atoms with Crippen LogP contribution in [0.4, 0.5) is 0 Å². The Hall–Kier alpha value is 0.300. The van der Waals surface area contributed by atoms with Gasteiger partial charge in [0.05, 0.1) is 0 Å². The molecule has 3 nitrogen and oxygen atoms in total. The summed E-state index contributed by atoms with van der Waals surface area (Å²) >= 11 is 16.4. The minimum atomic E-state index is -1.60. The Balaban J connectivity index is 2.61. The van der Waals surface area contributed by atoms with Crippen LogP contribution in [0.25, 0.3) is 0 Å². The van der Waals surface area contributed by atoms with Gasteiger partial charge < -0.3 is 10.1 Å². The number of alkyl halides is 3. The number of carbonyl (C=O) groups excluding carboxylic acids is 1. The quantitative estimate of drug-likeness (QED) is 0.621. The number of halogens is 3. The van der Waals surface area contributed by atoms with Gasteiger partial charge in [-0.3, -0.25) is 4.79 Å². The molecule has 1 amide bonds. The van der Waals surface area contributed by atoms with Crippen molar-refractivity contribution < 1.29 is 9.53 Å². The Morgan fingerprint density at radius 3 is 2.27 bits per heavy atom. The van der Waals surface area contributed by atoms with Crippen LogP contribution in [-0.4, -0.2) is 22.0 Å². The molecule has 0 aliphatic carbocycles. The van der Waals surface area contributed by atoms with Crippen molar-refractivity contribution in [3.05, 3.63) is 0 Å². The Kier molecular flexibility index (Phi) is 2.54. The minimum Gasteiger partial charge on any atom is -0.341 e. The zero-order valence-corrected chi connectivity index (χ0v) is 7.87. The van der Waals surface area contributed by atoms with Crippen molar-refractivity contribution in [1.82, 2.24) is 5.32 Å². The maximum absolute atomic E-state index is 10.8. The maximum atomic E-state index is 10.8. The van der Waals surface area contributed by atoms with Crippen molar-refractivity contribution in [2.24, 2.45) is 0 Å². The largest absolute Gasteiger partial charge is 0.341 e. The van der Waals surface area contributed by atoms with Crippen LogP contribution < -0.4 is 5.32 Å². The summed E-state index contributed by atoms with van der Waals surface area (Å²) in [5, 5.41) is 2.39. The predicted octanol–water partition coefficient (Wildman–Crippen LogP) is 1.22. The molecule has 1 aliphatic rings. The molecular weight excluding hydrogens is 212 g/mol. The second kappa shape index (κ2) is 2.98. The van der Waals surface area contributed by atoms with E-state index in [0.29, 0.717) is 0 Å². The highest BCUT2D eigenvalue weighted by Crippen LogP contribution is 2.33. The van der Waals surface area contributed by atoms with Gasteiger partial charge in [-0.15, -0.1) is 0 Å². The summed E-state index contributed by atoms with van der Waals surface area (Å²) in [4.78, 5) is 10.8. The van der Waals surface area contributed by atoms with Crippen molar-refractivity contribution in [2.45, 2.75) is 23.0 Å². The lowest BCUT2D eigenvalue weighted by Crippen LogP contribution is -2.37. The summed E-state index contributed by atoms with van der Waals surface area (Å²) in [6, 6.07) is 0. The highest BCUT2D eigenvalue weighted by molar-refractivity contribution is 6.68. The lowest BCUT2D eigenvalue weighted by molar-refractivity contribution is -0.122. The summed E-state index contributed by atoms with van der Waals surface area (Å²) in [7, 11) is 0. The second-order valence-corrected chi connectivity index (χ2v) is 4.58. The van der Waals surface area contributed by atoms with Gasteiger partial charge in [0.15, 0.2) is 6.23 Å². The van der Waals surface area contributed by atoms with E-state index in [1.165, 1.54) is 0 Å². The van der Waals surface area contributed by atoms with Crippen LogP contribution in [0.1, 0.15) is 6.92 Å². The van der Waals surface area contributed by atoms with Crippen molar-refractivity contribution in [2.75, 3.05) is 0 Å². The van der Waals surface area contributed by atoms with Crippen LogP contribution in [0.15, 0.2) is 0 Å². The second-order valence-electron chi connectivity index (χ2n) is 2.21. The van der Waals surface area contributed by atoms with E-state index in [0.717, 1.165) is 0 Å². The molecule has 11 heavy (non-hydrogen) atoms. The molecule has 0 bridgehead atoms. The molecule has 1 N–H and O–H groups in total. The van der Waals surface area contributed by atoms with Gasteiger partial charge in [0.2, 0.25) is 3.79 Å². The molecule has 2 atom stereocenters. The van der Waals surface area contributed by atoms with Crippen LogP contribution in [-0.2, 0) is 9.53 Å². The lowest BCUT2D eigenvalue weighted by atomic mass is 10.4. The zero-order chi connectivity index (χ0) is 8.65. The summed E-state index contributed by atoms with van der Waals surface area (Å²) in [5.74, 6) is -0.263. The molecule has 0 unspecified atom stereocenters. The molecule has 1 fully saturated rings. The smallest absolute Gasteiger partial charge is 0.251 e. The number of ether oxygens (including phenoxy) is 1. The van der Waals surface area contributed by atoms with Gasteiger partial charge in [-0.1, -0.05) is 34.8 Å². The predicted molar refractivity (Wildman–Crippen MR) is 42.8 cm³/mol. The van der Waals surface area contributed by atoms with Gasteiger partial charge in [-0.05, 0) is 6.92 Å². The first-order valence-electron chi connectivity index (χ1n) is 2.94. The monoisotopic (exact) mass is 217 g/mol. The van der Waals surface area contributed by atoms with Gasteiger partial charge in [-0.25, -0.2) is 0 Å². The van der Waals surface area contributed by atoms with E-state index in [1.54, 1.807) is 6.92 Å². The minimum absolute atomic E-state index is 0.263. The molecule has 0 aromatic rings. The van der Waals surface area contributed by atoms with Crippen LogP contribution in [0.3, 0.4) is 0 Å². The van der Waals surface area contributed by atoms with Crippen molar-refractivity contribution >= 4 is 40.7 Å². The molecule has 0 aromatic carbocycles. The summed E-state index contributed by atoms with van der Waals surface area (Å²) in [6.45, 7) is 1.59. The van der Waals surface area contributed by atoms with E-state index in [9.17, 15) is 4.79 Å². The summed E-state index contributed by atoms with van der Waals surface area (Å²) in [5.41, 5.74) is 0. The molecule has 1 heterocycles. The SMILES string of the molecule is C[C@@H]1O[C@H](C(Cl)(Cl)Cl)NC1=O. The Bertz CT molecular complexity index is 179. The fourth-order valence-corrected chi connectivity index (χ4v) is 1.02. The van der Waals surface area contributed by atoms with Gasteiger partial charge in [0.1, 0.15) is 6.10 Å². The Morgan fingerprint density at radius 2 is 2.09 bits per heavy atom. The first-order chi connectivity index (χ1) is 4.91. The highest BCUT2D eigenvalue weighted by Gasteiger charge is 2.42. The third-order valence-corrected chi connectivity index (χ3v) is 1.87. The van der Waals surface area contributed by atoms with Gasteiger partial charge in [-0.2, -0.15) is 0 Å². The van der Waals surface area contributed by atoms with Crippen LogP contribution in [0.2, 0.25) is 0 Å². The van der Waals surface area contributed by atoms with Crippen molar-refractivity contribution in [3.8, 4) is 0 Å². The van der Waals surface area contributed by atoms with E-state index in [2.05, 4.69) is 5.32 Å². The van der Waals surface area contributed by atoms with E-state index >= 15 is 0 Å². The van der Waals surface area contributed by atoms with E-state index in [4.69, 9.17) is 39.5 Å². The van der Waals surface area contributed by atoms with Gasteiger partial charge in [0, 0.05) is 0 Å². The topological polar surface area (TPSA) is 38.3 Å². The fourth-order valence-electron chi connectivity index (χ4n) is 0.705. The van der Waals surface area contributed by atoms with Crippen molar-refractivity contribution in [1.29, 1.82) is 0 Å². The fraction of sp³-hybridized carbons (Fsp3) is 0.800. The third kappa shape index (κ3) is 2.12. The number of nitrogens with one attached hydrogen (secondary N) is 1. The number of hydrogen-bond acceptors (Lipinski definition) is 2. The van der Waals surface area contributed by atoms with Crippen LogP contribution in [0.5, 0.6) is 0 Å². The number of rotatable bonds is 0. The molecule has 1 rings (SSSR count). The molecular formula is C5H6Cl3NO2. The standard InChI is InChI=1S/C5H6Cl3NO2/c1-2-3(10)9-4(11-2)5(6,7)8/h2,4H,1H3,(H,9,10)/t2-,4+/m0/s1. The molecule has 0 aromatic heterocycles.